The van der Waals surface area contributed by atoms with Crippen LogP contribution in [0.15, 0.2) is 30.3 Å². The lowest BCUT2D eigenvalue weighted by Crippen LogP contribution is -2.68. The SMILES string of the molecule is CC(C)(C)[Si](N)(O[Si](C)(C)c1ccccc1)C(C)(C)C. The zero-order valence-corrected chi connectivity index (χ0v) is 16.4. The Kier molecular flexibility index (Phi) is 4.76. The molecule has 0 heterocycles. The van der Waals surface area contributed by atoms with Gasteiger partial charge in [0.15, 0.2) is 0 Å². The third kappa shape index (κ3) is 3.42. The van der Waals surface area contributed by atoms with E-state index in [9.17, 15) is 0 Å². The minimum absolute atomic E-state index is 0.00427. The van der Waals surface area contributed by atoms with Gasteiger partial charge in [0.25, 0.3) is 8.48 Å². The molecule has 4 heteroatoms. The van der Waals surface area contributed by atoms with Gasteiger partial charge in [-0.3, -0.25) is 0 Å². The molecule has 0 bridgehead atoms. The van der Waals surface area contributed by atoms with Crippen LogP contribution in [0.4, 0.5) is 0 Å². The summed E-state index contributed by atoms with van der Waals surface area (Å²) in [5, 5.41) is 8.25. The number of benzene rings is 1. The molecule has 0 radical (unpaired) electrons. The van der Waals surface area contributed by atoms with Gasteiger partial charge in [-0.05, 0) is 28.4 Å². The smallest absolute Gasteiger partial charge is 0.266 e. The second-order valence-electron chi connectivity index (χ2n) is 8.21. The summed E-state index contributed by atoms with van der Waals surface area (Å²) in [6.45, 7) is 17.8. The van der Waals surface area contributed by atoms with E-state index in [0.29, 0.717) is 0 Å². The predicted molar refractivity (Wildman–Crippen MR) is 94.0 cm³/mol. The molecule has 0 fully saturated rings. The second kappa shape index (κ2) is 5.41. The van der Waals surface area contributed by atoms with E-state index in [-0.39, 0.29) is 10.1 Å². The highest BCUT2D eigenvalue weighted by Crippen LogP contribution is 2.49. The van der Waals surface area contributed by atoms with Gasteiger partial charge >= 0.3 is 0 Å². The average Bonchev–Trinajstić information content (AvgIpc) is 2.26. The average molecular weight is 310 g/mol. The maximum Gasteiger partial charge on any atom is 0.266 e. The Bertz CT molecular complexity index is 430. The quantitative estimate of drug-likeness (QED) is 0.853. The van der Waals surface area contributed by atoms with E-state index in [1.54, 1.807) is 0 Å². The molecule has 0 aliphatic carbocycles. The van der Waals surface area contributed by atoms with E-state index in [0.717, 1.165) is 0 Å². The first-order chi connectivity index (χ1) is 8.81. The number of nitrogens with two attached hydrogens (primary N) is 1. The van der Waals surface area contributed by atoms with Crippen LogP contribution in [-0.2, 0) is 4.12 Å². The lowest BCUT2D eigenvalue weighted by atomic mass is 10.2. The van der Waals surface area contributed by atoms with Crippen LogP contribution >= 0.6 is 0 Å². The lowest BCUT2D eigenvalue weighted by molar-refractivity contribution is 0.423. The summed E-state index contributed by atoms with van der Waals surface area (Å²) in [6, 6.07) is 10.6. The van der Waals surface area contributed by atoms with Gasteiger partial charge in [-0.25, -0.2) is 0 Å². The van der Waals surface area contributed by atoms with Crippen molar-refractivity contribution in [1.29, 1.82) is 0 Å². The van der Waals surface area contributed by atoms with Crippen LogP contribution in [0.1, 0.15) is 41.5 Å². The number of hydrogen-bond donors (Lipinski definition) is 1. The van der Waals surface area contributed by atoms with Crippen LogP contribution in [0, 0.1) is 0 Å². The summed E-state index contributed by atoms with van der Waals surface area (Å²) >= 11 is 0. The topological polar surface area (TPSA) is 35.2 Å². The molecule has 0 unspecified atom stereocenters. The van der Waals surface area contributed by atoms with Gasteiger partial charge in [0.2, 0.25) is 8.32 Å². The Balaban J connectivity index is 3.21. The Morgan fingerprint density at radius 3 is 1.60 bits per heavy atom. The van der Waals surface area contributed by atoms with Gasteiger partial charge in [0.05, 0.1) is 0 Å². The van der Waals surface area contributed by atoms with Crippen LogP contribution in [0.2, 0.25) is 23.2 Å². The Hall–Kier alpha value is -0.426. The van der Waals surface area contributed by atoms with Gasteiger partial charge in [-0.15, -0.1) is 0 Å². The fourth-order valence-corrected chi connectivity index (χ4v) is 12.1. The molecule has 0 spiro atoms. The molecule has 2 nitrogen and oxygen atoms in total. The van der Waals surface area contributed by atoms with Crippen LogP contribution in [0.25, 0.3) is 0 Å². The molecule has 0 aromatic heterocycles. The second-order valence-corrected chi connectivity index (χ2v) is 17.1. The van der Waals surface area contributed by atoms with Crippen molar-refractivity contribution in [2.45, 2.75) is 64.7 Å². The molecule has 1 aromatic rings. The first-order valence-electron chi connectivity index (χ1n) is 7.36. The Labute approximate surface area is 127 Å². The van der Waals surface area contributed by atoms with E-state index in [2.05, 4.69) is 85.0 Å². The van der Waals surface area contributed by atoms with Crippen molar-refractivity contribution in [2.24, 2.45) is 5.40 Å². The minimum Gasteiger partial charge on any atom is -0.440 e. The molecular weight excluding hydrogens is 278 g/mol. The van der Waals surface area contributed by atoms with Crippen LogP contribution < -0.4 is 10.6 Å². The third-order valence-corrected chi connectivity index (χ3v) is 13.6. The molecule has 1 rings (SSSR count). The van der Waals surface area contributed by atoms with Crippen LogP contribution in [0.3, 0.4) is 0 Å². The zero-order valence-electron chi connectivity index (χ0n) is 14.4. The van der Waals surface area contributed by atoms with E-state index < -0.39 is 16.8 Å². The molecule has 114 valence electrons. The Morgan fingerprint density at radius 1 is 0.850 bits per heavy atom. The zero-order chi connectivity index (χ0) is 15.8. The molecule has 0 saturated heterocycles. The first-order valence-corrected chi connectivity index (χ1v) is 12.3. The van der Waals surface area contributed by atoms with Gasteiger partial charge in [0, 0.05) is 0 Å². The minimum atomic E-state index is -2.41. The first kappa shape index (κ1) is 17.6. The lowest BCUT2D eigenvalue weighted by Gasteiger charge is -2.51. The van der Waals surface area contributed by atoms with Gasteiger partial charge in [0.1, 0.15) is 0 Å². The highest BCUT2D eigenvalue weighted by Gasteiger charge is 2.55. The maximum absolute atomic E-state index is 6.93. The monoisotopic (exact) mass is 309 g/mol. The van der Waals surface area contributed by atoms with Crippen molar-refractivity contribution in [3.63, 3.8) is 0 Å². The molecule has 0 aliphatic heterocycles. The summed E-state index contributed by atoms with van der Waals surface area (Å²) in [6.07, 6.45) is 0. The Morgan fingerprint density at radius 2 is 1.25 bits per heavy atom. The highest BCUT2D eigenvalue weighted by molar-refractivity contribution is 6.93. The number of rotatable bonds is 3. The van der Waals surface area contributed by atoms with E-state index >= 15 is 0 Å². The molecule has 0 aliphatic rings. The van der Waals surface area contributed by atoms with Crippen molar-refractivity contribution in [3.05, 3.63) is 30.3 Å². The van der Waals surface area contributed by atoms with Gasteiger partial charge in [-0.2, -0.15) is 0 Å². The fourth-order valence-electron chi connectivity index (χ4n) is 2.73. The van der Waals surface area contributed by atoms with E-state index in [4.69, 9.17) is 9.51 Å². The van der Waals surface area contributed by atoms with Gasteiger partial charge < -0.3 is 9.51 Å². The van der Waals surface area contributed by atoms with E-state index in [1.165, 1.54) is 5.19 Å². The summed E-state index contributed by atoms with van der Waals surface area (Å²) in [4.78, 5) is 0. The molecular formula is C16H31NOSi2. The highest BCUT2D eigenvalue weighted by atomic mass is 28.4. The molecule has 20 heavy (non-hydrogen) atoms. The largest absolute Gasteiger partial charge is 0.440 e. The molecule has 0 amide bonds. The third-order valence-electron chi connectivity index (χ3n) is 4.11. The van der Waals surface area contributed by atoms with Crippen molar-refractivity contribution >= 4 is 22.0 Å². The van der Waals surface area contributed by atoms with Crippen LogP contribution in [-0.4, -0.2) is 16.8 Å². The maximum atomic E-state index is 6.93. The van der Waals surface area contributed by atoms with Crippen LogP contribution in [0.5, 0.6) is 0 Å². The van der Waals surface area contributed by atoms with Crippen molar-refractivity contribution in [3.8, 4) is 0 Å². The molecule has 2 N–H and O–H groups in total. The fraction of sp³-hybridized carbons (Fsp3) is 0.625. The molecule has 0 atom stereocenters. The molecule has 1 aromatic carbocycles. The summed E-state index contributed by atoms with van der Waals surface area (Å²) in [7, 11) is -4.41. The van der Waals surface area contributed by atoms with Crippen molar-refractivity contribution < 1.29 is 4.12 Å². The predicted octanol–water partition coefficient (Wildman–Crippen LogP) is 4.12. The standard InChI is InChI=1S/C16H31NOSi2/c1-15(2,3)20(17,16(4,5)6)18-19(7,8)14-12-10-9-11-13-14/h9-13H,17H2,1-8H3. The normalized spacial score (nSPS) is 14.4. The number of hydrogen-bond acceptors (Lipinski definition) is 2. The summed E-state index contributed by atoms with van der Waals surface area (Å²) < 4.78 is 6.80. The van der Waals surface area contributed by atoms with Crippen molar-refractivity contribution in [2.75, 3.05) is 0 Å². The van der Waals surface area contributed by atoms with Crippen molar-refractivity contribution in [1.82, 2.24) is 0 Å². The van der Waals surface area contributed by atoms with Gasteiger partial charge in [-0.1, -0.05) is 71.9 Å². The molecule has 0 saturated carbocycles. The summed E-state index contributed by atoms with van der Waals surface area (Å²) in [5.74, 6) is 0. The van der Waals surface area contributed by atoms with E-state index in [1.807, 2.05) is 0 Å². The summed E-state index contributed by atoms with van der Waals surface area (Å²) in [5.41, 5.74) is 0.